The maximum Gasteiger partial charge on any atom is 0.0514 e. The molecule has 0 aliphatic carbocycles. The van der Waals surface area contributed by atoms with Gasteiger partial charge in [-0.2, -0.15) is 0 Å². The summed E-state index contributed by atoms with van der Waals surface area (Å²) in [6, 6.07) is 8.39. The Kier molecular flexibility index (Phi) is 5.21. The first-order valence-electron chi connectivity index (χ1n) is 6.97. The Balaban J connectivity index is 2.19. The van der Waals surface area contributed by atoms with Crippen molar-refractivity contribution < 1.29 is 0 Å². The van der Waals surface area contributed by atoms with Gasteiger partial charge in [-0.25, -0.2) is 0 Å². The van der Waals surface area contributed by atoms with Gasteiger partial charge in [0.15, 0.2) is 0 Å². The number of pyridine rings is 2. The van der Waals surface area contributed by atoms with Gasteiger partial charge in [0.1, 0.15) is 0 Å². The number of aromatic nitrogens is 2. The highest BCUT2D eigenvalue weighted by molar-refractivity contribution is 5.17. The van der Waals surface area contributed by atoms with Crippen LogP contribution in [0.1, 0.15) is 30.5 Å². The Morgan fingerprint density at radius 3 is 2.50 bits per heavy atom. The van der Waals surface area contributed by atoms with Gasteiger partial charge < -0.3 is 5.73 Å². The molecule has 0 amide bonds. The minimum Gasteiger partial charge on any atom is -0.326 e. The molecule has 0 aliphatic heterocycles. The molecule has 20 heavy (non-hydrogen) atoms. The van der Waals surface area contributed by atoms with Gasteiger partial charge in [0.2, 0.25) is 0 Å². The van der Waals surface area contributed by atoms with E-state index >= 15 is 0 Å². The topological polar surface area (TPSA) is 55.0 Å². The van der Waals surface area contributed by atoms with Gasteiger partial charge >= 0.3 is 0 Å². The van der Waals surface area contributed by atoms with E-state index in [0.29, 0.717) is 0 Å². The van der Waals surface area contributed by atoms with Gasteiger partial charge in [-0.1, -0.05) is 13.0 Å². The number of hydrogen-bond acceptors (Lipinski definition) is 4. The molecule has 0 aromatic carbocycles. The van der Waals surface area contributed by atoms with Crippen LogP contribution < -0.4 is 5.73 Å². The van der Waals surface area contributed by atoms with Crippen LogP contribution in [0.4, 0.5) is 0 Å². The summed E-state index contributed by atoms with van der Waals surface area (Å²) in [7, 11) is 2.10. The predicted molar refractivity (Wildman–Crippen MR) is 80.9 cm³/mol. The van der Waals surface area contributed by atoms with Crippen molar-refractivity contribution in [2.24, 2.45) is 5.73 Å². The second-order valence-corrected chi connectivity index (χ2v) is 5.07. The van der Waals surface area contributed by atoms with Gasteiger partial charge in [0.25, 0.3) is 0 Å². The maximum absolute atomic E-state index is 6.32. The zero-order chi connectivity index (χ0) is 14.4. The number of hydrogen-bond donors (Lipinski definition) is 1. The molecule has 2 unspecified atom stereocenters. The van der Waals surface area contributed by atoms with Gasteiger partial charge in [-0.3, -0.25) is 14.9 Å². The highest BCUT2D eigenvalue weighted by Crippen LogP contribution is 2.24. The van der Waals surface area contributed by atoms with Crippen LogP contribution in [0.5, 0.6) is 0 Å². The number of nitrogens with two attached hydrogens (primary N) is 1. The fourth-order valence-corrected chi connectivity index (χ4v) is 2.48. The molecule has 2 atom stereocenters. The molecule has 2 aromatic heterocycles. The highest BCUT2D eigenvalue weighted by atomic mass is 15.1. The van der Waals surface area contributed by atoms with Crippen LogP contribution in [-0.2, 0) is 6.54 Å². The average molecular weight is 270 g/mol. The lowest BCUT2D eigenvalue weighted by atomic mass is 9.97. The molecule has 0 aliphatic rings. The molecule has 2 aromatic rings. The van der Waals surface area contributed by atoms with Crippen LogP contribution in [-0.4, -0.2) is 28.0 Å². The first-order valence-corrected chi connectivity index (χ1v) is 6.97. The molecular formula is C16H22N4. The summed E-state index contributed by atoms with van der Waals surface area (Å²) in [5.41, 5.74) is 8.72. The summed E-state index contributed by atoms with van der Waals surface area (Å²) >= 11 is 0. The predicted octanol–water partition coefficient (Wildman–Crippen LogP) is 2.39. The zero-order valence-corrected chi connectivity index (χ0v) is 12.1. The third kappa shape index (κ3) is 3.62. The molecule has 2 heterocycles. The summed E-state index contributed by atoms with van der Waals surface area (Å²) in [6.45, 7) is 2.96. The molecule has 2 N–H and O–H groups in total. The molecule has 0 spiro atoms. The molecule has 0 bridgehead atoms. The van der Waals surface area contributed by atoms with Crippen LogP contribution in [0.3, 0.4) is 0 Å². The van der Waals surface area contributed by atoms with Gasteiger partial charge in [0.05, 0.1) is 6.04 Å². The maximum atomic E-state index is 6.32. The minimum atomic E-state index is 0.0889. The highest BCUT2D eigenvalue weighted by Gasteiger charge is 2.23. The van der Waals surface area contributed by atoms with Gasteiger partial charge in [-0.15, -0.1) is 0 Å². The molecule has 0 saturated heterocycles. The Morgan fingerprint density at radius 1 is 1.15 bits per heavy atom. The summed E-state index contributed by atoms with van der Waals surface area (Å²) in [6.07, 6.45) is 8.27. The fraction of sp³-hybridized carbons (Fsp3) is 0.375. The van der Waals surface area contributed by atoms with Crippen molar-refractivity contribution in [2.45, 2.75) is 32.0 Å². The van der Waals surface area contributed by atoms with Crippen molar-refractivity contribution in [1.82, 2.24) is 14.9 Å². The van der Waals surface area contributed by atoms with Crippen molar-refractivity contribution in [3.63, 3.8) is 0 Å². The normalized spacial score (nSPS) is 14.2. The first kappa shape index (κ1) is 14.6. The molecule has 0 fully saturated rings. The minimum absolute atomic E-state index is 0.0889. The fourth-order valence-electron chi connectivity index (χ4n) is 2.48. The summed E-state index contributed by atoms with van der Waals surface area (Å²) in [5.74, 6) is 0. The molecule has 2 rings (SSSR count). The van der Waals surface area contributed by atoms with Gasteiger partial charge in [0, 0.05) is 37.4 Å². The summed E-state index contributed by atoms with van der Waals surface area (Å²) in [5, 5.41) is 0. The Labute approximate surface area is 120 Å². The molecule has 0 radical (unpaired) electrons. The SMILES string of the molecule is CCC(N)C(c1cccnc1)N(C)Cc1ccncc1. The van der Waals surface area contributed by atoms with E-state index in [1.54, 1.807) is 6.20 Å². The van der Waals surface area contributed by atoms with Crippen LogP contribution in [0.15, 0.2) is 49.1 Å². The third-order valence-corrected chi connectivity index (χ3v) is 3.56. The smallest absolute Gasteiger partial charge is 0.0514 e. The monoisotopic (exact) mass is 270 g/mol. The Morgan fingerprint density at radius 2 is 1.90 bits per heavy atom. The van der Waals surface area contributed by atoms with E-state index in [2.05, 4.69) is 34.9 Å². The molecule has 4 nitrogen and oxygen atoms in total. The third-order valence-electron chi connectivity index (χ3n) is 3.56. The molecule has 4 heteroatoms. The van der Waals surface area contributed by atoms with Crippen LogP contribution in [0.25, 0.3) is 0 Å². The molecular weight excluding hydrogens is 248 g/mol. The van der Waals surface area contributed by atoms with Crippen molar-refractivity contribution >= 4 is 0 Å². The Hall–Kier alpha value is -1.78. The zero-order valence-electron chi connectivity index (χ0n) is 12.1. The standard InChI is InChI=1S/C16H22N4/c1-3-15(17)16(14-5-4-8-19-11-14)20(2)12-13-6-9-18-10-7-13/h4-11,15-16H,3,12,17H2,1-2H3. The van der Waals surface area contributed by atoms with Crippen molar-refractivity contribution in [3.05, 3.63) is 60.2 Å². The van der Waals surface area contributed by atoms with Crippen molar-refractivity contribution in [3.8, 4) is 0 Å². The Bertz CT molecular complexity index is 500. The van der Waals surface area contributed by atoms with E-state index in [4.69, 9.17) is 5.73 Å². The van der Waals surface area contributed by atoms with Crippen LogP contribution >= 0.6 is 0 Å². The van der Waals surface area contributed by atoms with E-state index < -0.39 is 0 Å². The number of rotatable bonds is 6. The first-order chi connectivity index (χ1) is 9.72. The van der Waals surface area contributed by atoms with E-state index in [1.807, 2.05) is 36.8 Å². The lowest BCUT2D eigenvalue weighted by Gasteiger charge is -2.32. The van der Waals surface area contributed by atoms with Crippen LogP contribution in [0, 0.1) is 0 Å². The number of likely N-dealkylation sites (N-methyl/N-ethyl adjacent to an activating group) is 1. The van der Waals surface area contributed by atoms with E-state index in [-0.39, 0.29) is 12.1 Å². The van der Waals surface area contributed by atoms with E-state index in [9.17, 15) is 0 Å². The second kappa shape index (κ2) is 7.12. The van der Waals surface area contributed by atoms with Crippen molar-refractivity contribution in [1.29, 1.82) is 0 Å². The lowest BCUT2D eigenvalue weighted by molar-refractivity contribution is 0.201. The van der Waals surface area contributed by atoms with Gasteiger partial charge in [-0.05, 0) is 42.8 Å². The van der Waals surface area contributed by atoms with E-state index in [0.717, 1.165) is 13.0 Å². The second-order valence-electron chi connectivity index (χ2n) is 5.07. The summed E-state index contributed by atoms with van der Waals surface area (Å²) < 4.78 is 0. The quantitative estimate of drug-likeness (QED) is 0.875. The van der Waals surface area contributed by atoms with Crippen LogP contribution in [0.2, 0.25) is 0 Å². The molecule has 0 saturated carbocycles. The number of nitrogens with zero attached hydrogens (tertiary/aromatic N) is 3. The summed E-state index contributed by atoms with van der Waals surface area (Å²) in [4.78, 5) is 10.6. The van der Waals surface area contributed by atoms with E-state index in [1.165, 1.54) is 11.1 Å². The average Bonchev–Trinajstić information content (AvgIpc) is 2.49. The van der Waals surface area contributed by atoms with Crippen molar-refractivity contribution in [2.75, 3.05) is 7.05 Å². The largest absolute Gasteiger partial charge is 0.326 e. The lowest BCUT2D eigenvalue weighted by Crippen LogP contribution is -2.38. The molecule has 106 valence electrons.